The molecule has 3 N–H and O–H groups in total. The van der Waals surface area contributed by atoms with Crippen molar-refractivity contribution in [2.45, 2.75) is 32.2 Å². The normalized spacial score (nSPS) is 13.0. The minimum atomic E-state index is -0.794. The van der Waals surface area contributed by atoms with E-state index in [1.165, 1.54) is 0 Å². The highest BCUT2D eigenvalue weighted by Gasteiger charge is 2.24. The van der Waals surface area contributed by atoms with Gasteiger partial charge in [-0.05, 0) is 17.9 Å². The Balaban J connectivity index is 2.50. The Morgan fingerprint density at radius 1 is 1.35 bits per heavy atom. The summed E-state index contributed by atoms with van der Waals surface area (Å²) in [5.41, 5.74) is 6.32. The number of nitrogens with zero attached hydrogens (tertiary/aromatic N) is 1. The van der Waals surface area contributed by atoms with Gasteiger partial charge < -0.3 is 11.1 Å². The van der Waals surface area contributed by atoms with Crippen LogP contribution in [0.5, 0.6) is 0 Å². The predicted molar refractivity (Wildman–Crippen MR) is 75.3 cm³/mol. The molecule has 2 atom stereocenters. The molecule has 0 aliphatic rings. The molecule has 1 aromatic rings. The quantitative estimate of drug-likeness (QED) is 0.779. The first-order valence-electron chi connectivity index (χ1n) is 6.54. The summed E-state index contributed by atoms with van der Waals surface area (Å²) in [6.45, 7) is 1.72. The molecule has 0 saturated heterocycles. The molecule has 0 saturated carbocycles. The maximum atomic E-state index is 11.8. The highest BCUT2D eigenvalue weighted by atomic mass is 16.2. The summed E-state index contributed by atoms with van der Waals surface area (Å²) in [4.78, 5) is 23.2. The van der Waals surface area contributed by atoms with E-state index in [1.54, 1.807) is 6.92 Å². The Labute approximate surface area is 118 Å². The first-order valence-corrected chi connectivity index (χ1v) is 6.54. The van der Waals surface area contributed by atoms with E-state index in [1.807, 2.05) is 36.4 Å². The van der Waals surface area contributed by atoms with Crippen molar-refractivity contribution >= 4 is 11.8 Å². The van der Waals surface area contributed by atoms with Gasteiger partial charge in [-0.2, -0.15) is 5.26 Å². The fraction of sp³-hybridized carbons (Fsp3) is 0.400. The van der Waals surface area contributed by atoms with Gasteiger partial charge in [-0.15, -0.1) is 0 Å². The van der Waals surface area contributed by atoms with Gasteiger partial charge in [-0.1, -0.05) is 37.3 Å². The second-order valence-corrected chi connectivity index (χ2v) is 4.77. The summed E-state index contributed by atoms with van der Waals surface area (Å²) in [5.74, 6) is -1.14. The van der Waals surface area contributed by atoms with Gasteiger partial charge >= 0.3 is 0 Å². The van der Waals surface area contributed by atoms with Crippen molar-refractivity contribution in [1.82, 2.24) is 5.32 Å². The average molecular weight is 273 g/mol. The van der Waals surface area contributed by atoms with Crippen molar-refractivity contribution in [2.24, 2.45) is 11.7 Å². The maximum Gasteiger partial charge on any atom is 0.240 e. The minimum Gasteiger partial charge on any atom is -0.368 e. The van der Waals surface area contributed by atoms with Crippen LogP contribution in [-0.2, 0) is 16.0 Å². The Bertz CT molecular complexity index is 494. The third-order valence-electron chi connectivity index (χ3n) is 3.09. The van der Waals surface area contributed by atoms with Gasteiger partial charge in [0, 0.05) is 12.8 Å². The number of rotatable bonds is 7. The lowest BCUT2D eigenvalue weighted by atomic mass is 9.98. The van der Waals surface area contributed by atoms with Crippen molar-refractivity contribution in [2.75, 3.05) is 0 Å². The first-order chi connectivity index (χ1) is 9.54. The second-order valence-electron chi connectivity index (χ2n) is 4.77. The number of nitrogens with two attached hydrogens (primary N) is 1. The molecule has 0 unspecified atom stereocenters. The SMILES string of the molecule is C[C@@H](CC#N)[C@@H](NC(=O)CCc1ccccc1)C(N)=O. The molecule has 0 fully saturated rings. The van der Waals surface area contributed by atoms with Crippen molar-refractivity contribution in [3.05, 3.63) is 35.9 Å². The molecule has 0 bridgehead atoms. The first kappa shape index (κ1) is 15.7. The number of primary amides is 1. The van der Waals surface area contributed by atoms with E-state index in [0.717, 1.165) is 5.56 Å². The van der Waals surface area contributed by atoms with Crippen LogP contribution in [0.4, 0.5) is 0 Å². The minimum absolute atomic E-state index is 0.173. The molecule has 0 heterocycles. The van der Waals surface area contributed by atoms with Gasteiger partial charge in [0.05, 0.1) is 6.07 Å². The molecule has 5 nitrogen and oxygen atoms in total. The molecular formula is C15H19N3O2. The molecule has 0 aliphatic heterocycles. The fourth-order valence-electron chi connectivity index (χ4n) is 1.90. The maximum absolute atomic E-state index is 11.8. The van der Waals surface area contributed by atoms with Crippen molar-refractivity contribution in [1.29, 1.82) is 5.26 Å². The number of carbonyl (C=O) groups excluding carboxylic acids is 2. The average Bonchev–Trinajstić information content (AvgIpc) is 2.43. The highest BCUT2D eigenvalue weighted by molar-refractivity contribution is 5.86. The van der Waals surface area contributed by atoms with E-state index in [4.69, 9.17) is 11.0 Å². The third-order valence-corrected chi connectivity index (χ3v) is 3.09. The zero-order valence-electron chi connectivity index (χ0n) is 11.5. The molecule has 106 valence electrons. The Kier molecular flexibility index (Phi) is 6.24. The van der Waals surface area contributed by atoms with E-state index in [9.17, 15) is 9.59 Å². The summed E-state index contributed by atoms with van der Waals surface area (Å²) >= 11 is 0. The number of hydrogen-bond acceptors (Lipinski definition) is 3. The van der Waals surface area contributed by atoms with E-state index < -0.39 is 11.9 Å². The largest absolute Gasteiger partial charge is 0.368 e. The second kappa shape index (κ2) is 7.95. The van der Waals surface area contributed by atoms with E-state index >= 15 is 0 Å². The summed E-state index contributed by atoms with van der Waals surface area (Å²) in [5, 5.41) is 11.2. The predicted octanol–water partition coefficient (Wildman–Crippen LogP) is 1.14. The third kappa shape index (κ3) is 5.11. The standard InChI is InChI=1S/C15H19N3O2/c1-11(9-10-16)14(15(17)20)18-13(19)8-7-12-5-3-2-4-6-12/h2-6,11,14H,7-9H2,1H3,(H2,17,20)(H,18,19)/t11-,14+/m0/s1. The number of amides is 2. The number of aryl methyl sites for hydroxylation is 1. The summed E-state index contributed by atoms with van der Waals surface area (Å²) in [6.07, 6.45) is 1.06. The van der Waals surface area contributed by atoms with Crippen LogP contribution in [0.2, 0.25) is 0 Å². The molecular weight excluding hydrogens is 254 g/mol. The topological polar surface area (TPSA) is 96.0 Å². The van der Waals surface area contributed by atoms with Gasteiger partial charge in [0.15, 0.2) is 0 Å². The Hall–Kier alpha value is -2.35. The van der Waals surface area contributed by atoms with Crippen molar-refractivity contribution < 1.29 is 9.59 Å². The lowest BCUT2D eigenvalue weighted by Crippen LogP contribution is -2.48. The Morgan fingerprint density at radius 2 is 2.00 bits per heavy atom. The van der Waals surface area contributed by atoms with Crippen LogP contribution in [-0.4, -0.2) is 17.9 Å². The van der Waals surface area contributed by atoms with E-state index in [0.29, 0.717) is 6.42 Å². The van der Waals surface area contributed by atoms with Gasteiger partial charge in [-0.25, -0.2) is 0 Å². The van der Waals surface area contributed by atoms with Crippen LogP contribution >= 0.6 is 0 Å². The fourth-order valence-corrected chi connectivity index (χ4v) is 1.90. The lowest BCUT2D eigenvalue weighted by molar-refractivity contribution is -0.128. The number of carbonyl (C=O) groups is 2. The van der Waals surface area contributed by atoms with Crippen LogP contribution in [0.1, 0.15) is 25.3 Å². The number of nitrogens with one attached hydrogen (secondary N) is 1. The molecule has 0 aromatic heterocycles. The van der Waals surface area contributed by atoms with Gasteiger partial charge in [-0.3, -0.25) is 9.59 Å². The molecule has 1 aromatic carbocycles. The number of nitriles is 1. The summed E-state index contributed by atoms with van der Waals surface area (Å²) < 4.78 is 0. The van der Waals surface area contributed by atoms with E-state index in [2.05, 4.69) is 5.32 Å². The molecule has 0 spiro atoms. The van der Waals surface area contributed by atoms with Crippen LogP contribution in [0.15, 0.2) is 30.3 Å². The number of benzene rings is 1. The van der Waals surface area contributed by atoms with Crippen LogP contribution < -0.4 is 11.1 Å². The van der Waals surface area contributed by atoms with Crippen LogP contribution in [0.3, 0.4) is 0 Å². The zero-order chi connectivity index (χ0) is 15.0. The van der Waals surface area contributed by atoms with Crippen LogP contribution in [0, 0.1) is 17.2 Å². The Morgan fingerprint density at radius 3 is 2.55 bits per heavy atom. The van der Waals surface area contributed by atoms with E-state index in [-0.39, 0.29) is 24.7 Å². The molecule has 0 radical (unpaired) electrons. The highest BCUT2D eigenvalue weighted by Crippen LogP contribution is 2.08. The van der Waals surface area contributed by atoms with Gasteiger partial charge in [0.25, 0.3) is 0 Å². The number of hydrogen-bond donors (Lipinski definition) is 2. The van der Waals surface area contributed by atoms with Crippen molar-refractivity contribution in [3.63, 3.8) is 0 Å². The van der Waals surface area contributed by atoms with Gasteiger partial charge in [0.2, 0.25) is 11.8 Å². The lowest BCUT2D eigenvalue weighted by Gasteiger charge is -2.20. The molecule has 0 aliphatic carbocycles. The van der Waals surface area contributed by atoms with Crippen molar-refractivity contribution in [3.8, 4) is 6.07 Å². The molecule has 5 heteroatoms. The van der Waals surface area contributed by atoms with Gasteiger partial charge in [0.1, 0.15) is 6.04 Å². The summed E-state index contributed by atoms with van der Waals surface area (Å²) in [6, 6.07) is 10.8. The molecule has 20 heavy (non-hydrogen) atoms. The monoisotopic (exact) mass is 273 g/mol. The molecule has 2 amide bonds. The smallest absolute Gasteiger partial charge is 0.240 e. The van der Waals surface area contributed by atoms with Crippen LogP contribution in [0.25, 0.3) is 0 Å². The summed E-state index contributed by atoms with van der Waals surface area (Å²) in [7, 11) is 0. The zero-order valence-corrected chi connectivity index (χ0v) is 11.5. The molecule has 1 rings (SSSR count).